The SMILES string of the molecule is COc1ccc2nc(NCCc3ccc(/N=C4/NC(c5ccccc5)CCS4)cc3)sc2c1. The number of amidine groups is 1. The van der Waals surface area contributed by atoms with Crippen molar-refractivity contribution in [1.29, 1.82) is 0 Å². The van der Waals surface area contributed by atoms with Crippen molar-refractivity contribution < 1.29 is 4.74 Å². The van der Waals surface area contributed by atoms with Crippen molar-refractivity contribution in [1.82, 2.24) is 10.3 Å². The Morgan fingerprint density at radius 3 is 2.76 bits per heavy atom. The summed E-state index contributed by atoms with van der Waals surface area (Å²) in [5, 5.41) is 8.98. The molecular weight excluding hydrogens is 448 g/mol. The summed E-state index contributed by atoms with van der Waals surface area (Å²) in [6.45, 7) is 0.834. The first-order valence-corrected chi connectivity index (χ1v) is 12.9. The number of nitrogens with zero attached hydrogens (tertiary/aromatic N) is 2. The highest BCUT2D eigenvalue weighted by Gasteiger charge is 2.18. The van der Waals surface area contributed by atoms with E-state index in [0.717, 1.165) is 57.1 Å². The first kappa shape index (κ1) is 21.8. The molecule has 2 N–H and O–H groups in total. The smallest absolute Gasteiger partial charge is 0.183 e. The number of thiazole rings is 1. The minimum absolute atomic E-state index is 0.333. The summed E-state index contributed by atoms with van der Waals surface area (Å²) in [4.78, 5) is 9.49. The first-order chi connectivity index (χ1) is 16.3. The van der Waals surface area contributed by atoms with Crippen LogP contribution >= 0.6 is 23.1 Å². The fraction of sp³-hybridized carbons (Fsp3) is 0.231. The molecule has 3 aromatic carbocycles. The van der Waals surface area contributed by atoms with Crippen LogP contribution in [-0.4, -0.2) is 29.6 Å². The molecule has 0 saturated carbocycles. The molecule has 1 aliphatic heterocycles. The van der Waals surface area contributed by atoms with Gasteiger partial charge in [-0.3, -0.25) is 0 Å². The number of benzene rings is 3. The van der Waals surface area contributed by atoms with E-state index in [9.17, 15) is 0 Å². The number of methoxy groups -OCH3 is 1. The molecule has 0 aliphatic carbocycles. The topological polar surface area (TPSA) is 58.5 Å². The summed E-state index contributed by atoms with van der Waals surface area (Å²) < 4.78 is 6.43. The van der Waals surface area contributed by atoms with Gasteiger partial charge in [0, 0.05) is 12.3 Å². The lowest BCUT2D eigenvalue weighted by molar-refractivity contribution is 0.415. The van der Waals surface area contributed by atoms with Gasteiger partial charge < -0.3 is 15.4 Å². The Balaban J connectivity index is 1.16. The Hall–Kier alpha value is -3.03. The molecule has 0 radical (unpaired) electrons. The van der Waals surface area contributed by atoms with Crippen molar-refractivity contribution in [2.24, 2.45) is 4.99 Å². The Morgan fingerprint density at radius 2 is 1.94 bits per heavy atom. The number of hydrogen-bond donors (Lipinski definition) is 2. The lowest BCUT2D eigenvalue weighted by Crippen LogP contribution is -2.31. The van der Waals surface area contributed by atoms with Crippen molar-refractivity contribution in [3.8, 4) is 5.75 Å². The molecule has 0 amide bonds. The van der Waals surface area contributed by atoms with Gasteiger partial charge in [0.2, 0.25) is 0 Å². The van der Waals surface area contributed by atoms with E-state index in [4.69, 9.17) is 9.73 Å². The quantitative estimate of drug-likeness (QED) is 0.324. The molecule has 7 heteroatoms. The van der Waals surface area contributed by atoms with Crippen LogP contribution < -0.4 is 15.4 Å². The zero-order chi connectivity index (χ0) is 22.5. The van der Waals surface area contributed by atoms with E-state index in [2.05, 4.69) is 70.2 Å². The summed E-state index contributed by atoms with van der Waals surface area (Å²) >= 11 is 3.44. The zero-order valence-electron chi connectivity index (χ0n) is 18.5. The van der Waals surface area contributed by atoms with Crippen molar-refractivity contribution in [2.75, 3.05) is 24.7 Å². The third kappa shape index (κ3) is 5.49. The minimum atomic E-state index is 0.333. The van der Waals surface area contributed by atoms with Gasteiger partial charge in [0.05, 0.1) is 29.1 Å². The maximum absolute atomic E-state index is 5.30. The second-order valence-electron chi connectivity index (χ2n) is 7.86. The average Bonchev–Trinajstić information content (AvgIpc) is 3.28. The van der Waals surface area contributed by atoms with E-state index in [1.54, 1.807) is 30.2 Å². The van der Waals surface area contributed by atoms with Crippen LogP contribution in [-0.2, 0) is 6.42 Å². The monoisotopic (exact) mass is 474 g/mol. The van der Waals surface area contributed by atoms with E-state index in [1.165, 1.54) is 11.1 Å². The first-order valence-electron chi connectivity index (χ1n) is 11.1. The molecule has 1 atom stereocenters. The number of anilines is 1. The number of aromatic nitrogens is 1. The molecule has 5 nitrogen and oxygen atoms in total. The fourth-order valence-electron chi connectivity index (χ4n) is 3.81. The predicted octanol–water partition coefficient (Wildman–Crippen LogP) is 6.41. The minimum Gasteiger partial charge on any atom is -0.497 e. The normalized spacial score (nSPS) is 17.1. The standard InChI is InChI=1S/C26H26N4OS2/c1-31-21-11-12-23-24(17-21)33-25(30-23)27-15-13-18-7-9-20(10-8-18)28-26-29-22(14-16-32-26)19-5-3-2-4-6-19/h2-12,17,22H,13-16H2,1H3,(H,27,30)(H,28,29). The summed E-state index contributed by atoms with van der Waals surface area (Å²) in [5.41, 5.74) is 4.58. The molecule has 33 heavy (non-hydrogen) atoms. The zero-order valence-corrected chi connectivity index (χ0v) is 20.1. The second-order valence-corrected chi connectivity index (χ2v) is 9.97. The lowest BCUT2D eigenvalue weighted by Gasteiger charge is -2.25. The van der Waals surface area contributed by atoms with Gasteiger partial charge in [-0.2, -0.15) is 0 Å². The Labute approximate surface area is 202 Å². The van der Waals surface area contributed by atoms with Gasteiger partial charge in [0.25, 0.3) is 0 Å². The molecule has 5 rings (SSSR count). The van der Waals surface area contributed by atoms with Gasteiger partial charge in [0.1, 0.15) is 5.75 Å². The van der Waals surface area contributed by atoms with Crippen LogP contribution in [0.15, 0.2) is 77.8 Å². The number of rotatable bonds is 7. The van der Waals surface area contributed by atoms with Crippen LogP contribution in [0.3, 0.4) is 0 Å². The van der Waals surface area contributed by atoms with Crippen LogP contribution in [0, 0.1) is 0 Å². The Kier molecular flexibility index (Phi) is 6.79. The summed E-state index contributed by atoms with van der Waals surface area (Å²) in [6.07, 6.45) is 2.04. The maximum atomic E-state index is 5.30. The highest BCUT2D eigenvalue weighted by molar-refractivity contribution is 8.13. The van der Waals surface area contributed by atoms with E-state index in [1.807, 2.05) is 18.2 Å². The molecule has 0 bridgehead atoms. The molecule has 1 saturated heterocycles. The van der Waals surface area contributed by atoms with Crippen LogP contribution in [0.5, 0.6) is 5.75 Å². The van der Waals surface area contributed by atoms with E-state index in [0.29, 0.717) is 6.04 Å². The van der Waals surface area contributed by atoms with Gasteiger partial charge in [-0.05, 0) is 54.3 Å². The van der Waals surface area contributed by atoms with Gasteiger partial charge in [-0.25, -0.2) is 9.98 Å². The third-order valence-electron chi connectivity index (χ3n) is 5.60. The fourth-order valence-corrected chi connectivity index (χ4v) is 5.67. The van der Waals surface area contributed by atoms with Crippen LogP contribution in [0.2, 0.25) is 0 Å². The number of thioether (sulfide) groups is 1. The van der Waals surface area contributed by atoms with Gasteiger partial charge in [-0.1, -0.05) is 65.6 Å². The number of hydrogen-bond acceptors (Lipinski definition) is 6. The molecule has 168 valence electrons. The summed E-state index contributed by atoms with van der Waals surface area (Å²) in [6, 6.07) is 25.4. The molecule has 1 aliphatic rings. The third-order valence-corrected chi connectivity index (χ3v) is 7.50. The number of fused-ring (bicyclic) bond motifs is 1. The van der Waals surface area contributed by atoms with Gasteiger partial charge >= 0.3 is 0 Å². The highest BCUT2D eigenvalue weighted by Crippen LogP contribution is 2.29. The Bertz CT molecular complexity index is 1240. The summed E-state index contributed by atoms with van der Waals surface area (Å²) in [7, 11) is 1.69. The number of ether oxygens (including phenoxy) is 1. The molecule has 1 fully saturated rings. The van der Waals surface area contributed by atoms with E-state index >= 15 is 0 Å². The van der Waals surface area contributed by atoms with Crippen molar-refractivity contribution in [2.45, 2.75) is 18.9 Å². The predicted molar refractivity (Wildman–Crippen MR) is 141 cm³/mol. The highest BCUT2D eigenvalue weighted by atomic mass is 32.2. The Morgan fingerprint density at radius 1 is 1.09 bits per heavy atom. The molecule has 1 unspecified atom stereocenters. The van der Waals surface area contributed by atoms with Crippen molar-refractivity contribution in [3.63, 3.8) is 0 Å². The van der Waals surface area contributed by atoms with E-state index in [-0.39, 0.29) is 0 Å². The van der Waals surface area contributed by atoms with Gasteiger partial charge in [0.15, 0.2) is 10.3 Å². The van der Waals surface area contributed by atoms with Crippen molar-refractivity contribution in [3.05, 3.63) is 83.9 Å². The van der Waals surface area contributed by atoms with Crippen molar-refractivity contribution >= 4 is 49.3 Å². The maximum Gasteiger partial charge on any atom is 0.183 e. The molecule has 2 heterocycles. The molecule has 4 aromatic rings. The molecule has 1 aromatic heterocycles. The largest absolute Gasteiger partial charge is 0.497 e. The summed E-state index contributed by atoms with van der Waals surface area (Å²) in [5.74, 6) is 1.94. The van der Waals surface area contributed by atoms with Crippen LogP contribution in [0.1, 0.15) is 23.6 Å². The van der Waals surface area contributed by atoms with Crippen LogP contribution in [0.4, 0.5) is 10.8 Å². The second kappa shape index (κ2) is 10.3. The number of nitrogens with one attached hydrogen (secondary N) is 2. The lowest BCUT2D eigenvalue weighted by atomic mass is 10.1. The number of aliphatic imine (C=N–C) groups is 1. The van der Waals surface area contributed by atoms with Gasteiger partial charge in [-0.15, -0.1) is 0 Å². The van der Waals surface area contributed by atoms with Crippen LogP contribution in [0.25, 0.3) is 10.2 Å². The van der Waals surface area contributed by atoms with E-state index < -0.39 is 0 Å². The average molecular weight is 475 g/mol. The molecular formula is C26H26N4OS2. The molecule has 0 spiro atoms.